The Morgan fingerprint density at radius 1 is 1.02 bits per heavy atom. The highest BCUT2D eigenvalue weighted by atomic mass is 16.5. The molecule has 6 aromatic rings. The molecule has 10 nitrogen and oxygen atoms in total. The number of ether oxygens (including phenoxy) is 1. The van der Waals surface area contributed by atoms with Gasteiger partial charge in [-0.2, -0.15) is 0 Å². The minimum absolute atomic E-state index is 0.280. The van der Waals surface area contributed by atoms with Crippen LogP contribution in [0.2, 0.25) is 0 Å². The molecule has 2 aromatic carbocycles. The van der Waals surface area contributed by atoms with Crippen LogP contribution in [0.5, 0.6) is 5.75 Å². The average Bonchev–Trinajstić information content (AvgIpc) is 3.48. The van der Waals surface area contributed by atoms with Crippen LogP contribution in [-0.4, -0.2) is 61.7 Å². The molecule has 0 aliphatic rings. The summed E-state index contributed by atoms with van der Waals surface area (Å²) in [7, 11) is 1.65. The first-order valence-electron chi connectivity index (χ1n) is 13.1. The fourth-order valence-electron chi connectivity index (χ4n) is 5.28. The second-order valence-corrected chi connectivity index (χ2v) is 9.89. The van der Waals surface area contributed by atoms with Gasteiger partial charge in [-0.15, -0.1) is 0 Å². The van der Waals surface area contributed by atoms with Crippen LogP contribution in [-0.2, 0) is 0 Å². The van der Waals surface area contributed by atoms with Crippen LogP contribution < -0.4 is 10.1 Å². The number of para-hydroxylation sites is 1. The molecule has 40 heavy (non-hydrogen) atoms. The summed E-state index contributed by atoms with van der Waals surface area (Å²) in [5, 5.41) is 29.1. The molecule has 10 heteroatoms. The van der Waals surface area contributed by atoms with Crippen LogP contribution in [0.4, 0.5) is 5.82 Å². The number of hydrogen-bond acceptors (Lipinski definition) is 9. The van der Waals surface area contributed by atoms with Gasteiger partial charge >= 0.3 is 0 Å². The number of anilines is 1. The van der Waals surface area contributed by atoms with Gasteiger partial charge < -0.3 is 29.8 Å². The van der Waals surface area contributed by atoms with Gasteiger partial charge in [0.1, 0.15) is 28.8 Å². The molecule has 0 unspecified atom stereocenters. The normalized spacial score (nSPS) is 12.4. The number of benzene rings is 2. The third-order valence-corrected chi connectivity index (χ3v) is 7.15. The molecule has 0 aliphatic carbocycles. The zero-order chi connectivity index (χ0) is 28.0. The number of fused-ring (bicyclic) bond motifs is 4. The largest absolute Gasteiger partial charge is 0.496 e. The van der Waals surface area contributed by atoms with Crippen molar-refractivity contribution in [3.8, 4) is 28.1 Å². The van der Waals surface area contributed by atoms with E-state index >= 15 is 0 Å². The maximum Gasteiger partial charge on any atom is 0.142 e. The van der Waals surface area contributed by atoms with Crippen molar-refractivity contribution < 1.29 is 19.5 Å². The predicted molar refractivity (Wildman–Crippen MR) is 155 cm³/mol. The lowest BCUT2D eigenvalue weighted by Gasteiger charge is -2.13. The molecule has 6 rings (SSSR count). The molecule has 0 radical (unpaired) electrons. The number of methoxy groups -OCH3 is 1. The molecule has 4 aromatic heterocycles. The summed E-state index contributed by atoms with van der Waals surface area (Å²) in [6.45, 7) is 5.86. The summed E-state index contributed by atoms with van der Waals surface area (Å²) in [6, 6.07) is 14.0. The highest BCUT2D eigenvalue weighted by Crippen LogP contribution is 2.42. The van der Waals surface area contributed by atoms with E-state index in [1.165, 1.54) is 0 Å². The first kappa shape index (κ1) is 25.7. The lowest BCUT2D eigenvalue weighted by Crippen LogP contribution is -2.17. The molecule has 0 aliphatic heterocycles. The van der Waals surface area contributed by atoms with E-state index in [1.807, 2.05) is 63.2 Å². The molecule has 1 atom stereocenters. The van der Waals surface area contributed by atoms with Gasteiger partial charge in [0.05, 0.1) is 47.7 Å². The van der Waals surface area contributed by atoms with Crippen molar-refractivity contribution in [2.45, 2.75) is 33.3 Å². The second kappa shape index (κ2) is 10.2. The number of aliphatic hydroxyl groups excluding tert-OH is 2. The molecule has 0 bridgehead atoms. The molecule has 0 fully saturated rings. The molecular formula is C30H30N6O4. The number of pyridine rings is 1. The quantitative estimate of drug-likeness (QED) is 0.209. The first-order valence-corrected chi connectivity index (χ1v) is 13.1. The maximum absolute atomic E-state index is 9.77. The molecule has 204 valence electrons. The SMILES string of the molecule is COc1cc2c(cc1-c1c(C)noc1C)[nH]c1nc(C)nc(-c3cc(NCC[C@H](O)CO)nc4ccccc34)c12. The van der Waals surface area contributed by atoms with Crippen molar-refractivity contribution in [1.82, 2.24) is 25.1 Å². The zero-order valence-corrected chi connectivity index (χ0v) is 22.7. The third kappa shape index (κ3) is 4.41. The maximum atomic E-state index is 9.77. The third-order valence-electron chi connectivity index (χ3n) is 7.15. The standard InChI is InChI=1S/C30H30N6O4/c1-15-27(16(2)40-36-15)22-11-24-21(12-25(22)39-4)28-29(32-17(3)33-30(28)35-24)20-13-26(31-10-9-18(38)14-37)34-23-8-6-5-7-19(20)23/h5-8,11-13,18,37-38H,9-10,14H2,1-4H3,(H,31,34)(H,32,33,35)/t18-/m0/s1. The minimum atomic E-state index is -0.784. The predicted octanol–water partition coefficient (Wildman–Crippen LogP) is 5.07. The van der Waals surface area contributed by atoms with Gasteiger partial charge in [-0.25, -0.2) is 15.0 Å². The summed E-state index contributed by atoms with van der Waals surface area (Å²) in [5.74, 6) is 2.70. The molecule has 4 heterocycles. The number of hydrogen-bond donors (Lipinski definition) is 4. The molecule has 4 N–H and O–H groups in total. The fraction of sp³-hybridized carbons (Fsp3) is 0.267. The van der Waals surface area contributed by atoms with Gasteiger partial charge in [-0.3, -0.25) is 0 Å². The Kier molecular flexibility index (Phi) is 6.57. The van der Waals surface area contributed by atoms with E-state index in [-0.39, 0.29) is 6.61 Å². The van der Waals surface area contributed by atoms with Gasteiger partial charge in [-0.1, -0.05) is 23.4 Å². The van der Waals surface area contributed by atoms with Gasteiger partial charge in [0.2, 0.25) is 0 Å². The van der Waals surface area contributed by atoms with Crippen LogP contribution in [0, 0.1) is 20.8 Å². The molecule has 0 saturated heterocycles. The fourth-order valence-corrected chi connectivity index (χ4v) is 5.28. The van der Waals surface area contributed by atoms with Crippen molar-refractivity contribution in [2.24, 2.45) is 0 Å². The van der Waals surface area contributed by atoms with E-state index in [0.29, 0.717) is 30.4 Å². The summed E-state index contributed by atoms with van der Waals surface area (Å²) < 4.78 is 11.3. The van der Waals surface area contributed by atoms with E-state index in [2.05, 4.69) is 15.5 Å². The van der Waals surface area contributed by atoms with Gasteiger partial charge in [0, 0.05) is 34.0 Å². The highest BCUT2D eigenvalue weighted by molar-refractivity contribution is 6.15. The lowest BCUT2D eigenvalue weighted by molar-refractivity contribution is 0.0911. The minimum Gasteiger partial charge on any atom is -0.496 e. The van der Waals surface area contributed by atoms with Crippen LogP contribution in [0.25, 0.3) is 55.2 Å². The van der Waals surface area contributed by atoms with Crippen molar-refractivity contribution >= 4 is 38.7 Å². The number of rotatable bonds is 8. The number of aryl methyl sites for hydroxylation is 3. The van der Waals surface area contributed by atoms with E-state index in [4.69, 9.17) is 29.3 Å². The summed E-state index contributed by atoms with van der Waals surface area (Å²) in [6.07, 6.45) is -0.388. The number of nitrogens with zero attached hydrogens (tertiary/aromatic N) is 4. The Hall–Kier alpha value is -4.54. The van der Waals surface area contributed by atoms with Crippen molar-refractivity contribution in [2.75, 3.05) is 25.6 Å². The molecule has 0 amide bonds. The smallest absolute Gasteiger partial charge is 0.142 e. The van der Waals surface area contributed by atoms with Crippen LogP contribution in [0.1, 0.15) is 23.7 Å². The summed E-state index contributed by atoms with van der Waals surface area (Å²) >= 11 is 0. The molecule has 0 spiro atoms. The van der Waals surface area contributed by atoms with Crippen molar-refractivity contribution in [1.29, 1.82) is 0 Å². The summed E-state index contributed by atoms with van der Waals surface area (Å²) in [4.78, 5) is 18.0. The van der Waals surface area contributed by atoms with Crippen molar-refractivity contribution in [3.05, 3.63) is 59.7 Å². The van der Waals surface area contributed by atoms with Crippen LogP contribution in [0.15, 0.2) is 47.0 Å². The first-order chi connectivity index (χ1) is 19.4. The summed E-state index contributed by atoms with van der Waals surface area (Å²) in [5.41, 5.74) is 6.68. The Balaban J connectivity index is 1.58. The zero-order valence-electron chi connectivity index (χ0n) is 22.7. The van der Waals surface area contributed by atoms with Crippen molar-refractivity contribution in [3.63, 3.8) is 0 Å². The lowest BCUT2D eigenvalue weighted by atomic mass is 9.98. The monoisotopic (exact) mass is 538 g/mol. The molecular weight excluding hydrogens is 508 g/mol. The van der Waals surface area contributed by atoms with Gasteiger partial charge in [0.15, 0.2) is 0 Å². The Bertz CT molecular complexity index is 1860. The number of nitrogens with one attached hydrogen (secondary N) is 2. The highest BCUT2D eigenvalue weighted by Gasteiger charge is 2.22. The second-order valence-electron chi connectivity index (χ2n) is 9.89. The van der Waals surface area contributed by atoms with E-state index in [9.17, 15) is 5.11 Å². The molecule has 0 saturated carbocycles. The van der Waals surface area contributed by atoms with Gasteiger partial charge in [-0.05, 0) is 51.5 Å². The Labute approximate surface area is 230 Å². The number of aromatic nitrogens is 5. The topological polar surface area (TPSA) is 142 Å². The van der Waals surface area contributed by atoms with E-state index < -0.39 is 6.10 Å². The number of aliphatic hydroxyl groups is 2. The average molecular weight is 539 g/mol. The van der Waals surface area contributed by atoms with E-state index in [0.717, 1.165) is 66.7 Å². The van der Waals surface area contributed by atoms with E-state index in [1.54, 1.807) is 7.11 Å². The van der Waals surface area contributed by atoms with Crippen LogP contribution >= 0.6 is 0 Å². The van der Waals surface area contributed by atoms with Crippen LogP contribution in [0.3, 0.4) is 0 Å². The number of H-pyrrole nitrogens is 1. The van der Waals surface area contributed by atoms with Gasteiger partial charge in [0.25, 0.3) is 0 Å². The Morgan fingerprint density at radius 3 is 2.60 bits per heavy atom. The Morgan fingerprint density at radius 2 is 1.85 bits per heavy atom. The number of aromatic amines is 1.